The molecule has 0 saturated heterocycles. The van der Waals surface area contributed by atoms with Gasteiger partial charge in [-0.15, -0.1) is 0 Å². The third-order valence-corrected chi connectivity index (χ3v) is 4.97. The van der Waals surface area contributed by atoms with E-state index in [0.29, 0.717) is 24.4 Å². The van der Waals surface area contributed by atoms with Crippen molar-refractivity contribution in [1.82, 2.24) is 0 Å². The number of rotatable bonds is 17. The maximum absolute atomic E-state index is 12.5. The minimum absolute atomic E-state index is 0.0707. The van der Waals surface area contributed by atoms with Crippen molar-refractivity contribution in [2.24, 2.45) is 5.92 Å². The van der Waals surface area contributed by atoms with Gasteiger partial charge in [0.1, 0.15) is 0 Å². The summed E-state index contributed by atoms with van der Waals surface area (Å²) < 4.78 is 10.8. The largest absolute Gasteiger partial charge is 0.462 e. The van der Waals surface area contributed by atoms with Crippen LogP contribution in [0.5, 0.6) is 0 Å². The molecule has 0 aromatic carbocycles. The summed E-state index contributed by atoms with van der Waals surface area (Å²) in [7, 11) is 0. The molecule has 0 amide bonds. The first-order valence-corrected chi connectivity index (χ1v) is 11.5. The first-order chi connectivity index (χ1) is 13.5. The highest BCUT2D eigenvalue weighted by Gasteiger charge is 2.22. The summed E-state index contributed by atoms with van der Waals surface area (Å²) in [6, 6.07) is 0. The van der Waals surface area contributed by atoms with Gasteiger partial charge in [-0.2, -0.15) is 0 Å². The summed E-state index contributed by atoms with van der Waals surface area (Å²) in [6.45, 7) is 10.7. The van der Waals surface area contributed by atoms with Gasteiger partial charge < -0.3 is 9.47 Å². The molecule has 0 bridgehead atoms. The number of carbonyl (C=O) groups is 2. The Bertz CT molecular complexity index is 452. The van der Waals surface area contributed by atoms with E-state index in [0.717, 1.165) is 25.7 Å². The third-order valence-electron chi connectivity index (χ3n) is 4.97. The summed E-state index contributed by atoms with van der Waals surface area (Å²) in [5, 5.41) is 0. The molecule has 4 heteroatoms. The predicted octanol–water partition coefficient (Wildman–Crippen LogP) is 6.77. The SMILES string of the molecule is CCCCCCCCOC(=O)/C(C)=C(\C(=O)OCCCCCCCC)C(C)C. The Morgan fingerprint density at radius 1 is 0.643 bits per heavy atom. The average molecular weight is 397 g/mol. The molecule has 0 aliphatic heterocycles. The molecule has 0 saturated carbocycles. The maximum Gasteiger partial charge on any atom is 0.334 e. The quantitative estimate of drug-likeness (QED) is 0.155. The van der Waals surface area contributed by atoms with Gasteiger partial charge in [-0.3, -0.25) is 0 Å². The van der Waals surface area contributed by atoms with Crippen LogP contribution in [0, 0.1) is 5.92 Å². The lowest BCUT2D eigenvalue weighted by molar-refractivity contribution is -0.142. The second-order valence-electron chi connectivity index (χ2n) is 8.00. The maximum atomic E-state index is 12.5. The number of esters is 2. The standard InChI is InChI=1S/C24H44O4/c1-6-8-10-12-14-16-18-27-23(25)21(5)22(20(3)4)24(26)28-19-17-15-13-11-9-7-2/h20H,6-19H2,1-5H3/b22-21-. The van der Waals surface area contributed by atoms with Crippen LogP contribution >= 0.6 is 0 Å². The van der Waals surface area contributed by atoms with Crippen LogP contribution in [-0.2, 0) is 19.1 Å². The fourth-order valence-electron chi connectivity index (χ4n) is 3.21. The molecule has 0 radical (unpaired) electrons. The van der Waals surface area contributed by atoms with Gasteiger partial charge in [-0.25, -0.2) is 9.59 Å². The first kappa shape index (κ1) is 26.7. The van der Waals surface area contributed by atoms with E-state index in [1.54, 1.807) is 6.92 Å². The molecule has 0 aliphatic carbocycles. The van der Waals surface area contributed by atoms with Crippen LogP contribution in [0.2, 0.25) is 0 Å². The molecular weight excluding hydrogens is 352 g/mol. The number of unbranched alkanes of at least 4 members (excludes halogenated alkanes) is 10. The van der Waals surface area contributed by atoms with Gasteiger partial charge in [-0.1, -0.05) is 91.9 Å². The number of hydrogen-bond donors (Lipinski definition) is 0. The fourth-order valence-corrected chi connectivity index (χ4v) is 3.21. The van der Waals surface area contributed by atoms with Crippen molar-refractivity contribution in [1.29, 1.82) is 0 Å². The lowest BCUT2D eigenvalue weighted by Gasteiger charge is -2.15. The zero-order valence-corrected chi connectivity index (χ0v) is 19.1. The normalized spacial score (nSPS) is 12.1. The molecular formula is C24H44O4. The summed E-state index contributed by atoms with van der Waals surface area (Å²) in [4.78, 5) is 24.8. The molecule has 0 N–H and O–H groups in total. The minimum atomic E-state index is -0.395. The Balaban J connectivity index is 4.33. The van der Waals surface area contributed by atoms with Crippen molar-refractivity contribution in [2.75, 3.05) is 13.2 Å². The summed E-state index contributed by atoms with van der Waals surface area (Å²) in [6.07, 6.45) is 13.7. The molecule has 0 heterocycles. The first-order valence-electron chi connectivity index (χ1n) is 11.5. The lowest BCUT2D eigenvalue weighted by atomic mass is 9.98. The highest BCUT2D eigenvalue weighted by atomic mass is 16.5. The van der Waals surface area contributed by atoms with Crippen molar-refractivity contribution < 1.29 is 19.1 Å². The number of ether oxygens (including phenoxy) is 2. The van der Waals surface area contributed by atoms with Gasteiger partial charge in [0.15, 0.2) is 0 Å². The van der Waals surface area contributed by atoms with Crippen LogP contribution in [0.25, 0.3) is 0 Å². The van der Waals surface area contributed by atoms with E-state index in [1.807, 2.05) is 13.8 Å². The second kappa shape index (κ2) is 17.8. The molecule has 0 rings (SSSR count). The Morgan fingerprint density at radius 2 is 1.04 bits per heavy atom. The molecule has 0 aromatic heterocycles. The smallest absolute Gasteiger partial charge is 0.334 e. The van der Waals surface area contributed by atoms with E-state index in [-0.39, 0.29) is 11.9 Å². The van der Waals surface area contributed by atoms with Gasteiger partial charge in [0, 0.05) is 11.1 Å². The van der Waals surface area contributed by atoms with Crippen molar-refractivity contribution in [3.05, 3.63) is 11.1 Å². The van der Waals surface area contributed by atoms with E-state index >= 15 is 0 Å². The second-order valence-corrected chi connectivity index (χ2v) is 8.00. The zero-order chi connectivity index (χ0) is 21.2. The van der Waals surface area contributed by atoms with Gasteiger partial charge >= 0.3 is 11.9 Å². The Kier molecular flexibility index (Phi) is 16.9. The van der Waals surface area contributed by atoms with Crippen LogP contribution in [0.15, 0.2) is 11.1 Å². The van der Waals surface area contributed by atoms with Gasteiger partial charge in [0.05, 0.1) is 13.2 Å². The predicted molar refractivity (Wildman–Crippen MR) is 116 cm³/mol. The van der Waals surface area contributed by atoms with Crippen LogP contribution in [0.4, 0.5) is 0 Å². The Labute approximate surface area is 173 Å². The molecule has 0 atom stereocenters. The molecule has 4 nitrogen and oxygen atoms in total. The molecule has 0 aliphatic rings. The highest BCUT2D eigenvalue weighted by Crippen LogP contribution is 2.19. The van der Waals surface area contributed by atoms with E-state index in [1.165, 1.54) is 51.4 Å². The van der Waals surface area contributed by atoms with Crippen molar-refractivity contribution in [2.45, 2.75) is 112 Å². The zero-order valence-electron chi connectivity index (χ0n) is 19.1. The van der Waals surface area contributed by atoms with Crippen molar-refractivity contribution >= 4 is 11.9 Å². The Morgan fingerprint density at radius 3 is 1.46 bits per heavy atom. The third kappa shape index (κ3) is 13.0. The highest BCUT2D eigenvalue weighted by molar-refractivity contribution is 6.00. The fraction of sp³-hybridized carbons (Fsp3) is 0.833. The lowest BCUT2D eigenvalue weighted by Crippen LogP contribution is -2.19. The van der Waals surface area contributed by atoms with Crippen LogP contribution in [0.1, 0.15) is 112 Å². The van der Waals surface area contributed by atoms with E-state index < -0.39 is 5.97 Å². The molecule has 0 spiro atoms. The minimum Gasteiger partial charge on any atom is -0.462 e. The van der Waals surface area contributed by atoms with Crippen LogP contribution < -0.4 is 0 Å². The molecule has 0 aromatic rings. The summed E-state index contributed by atoms with van der Waals surface area (Å²) in [5.41, 5.74) is 0.827. The van der Waals surface area contributed by atoms with Crippen molar-refractivity contribution in [3.8, 4) is 0 Å². The molecule has 164 valence electrons. The number of hydrogen-bond acceptors (Lipinski definition) is 4. The van der Waals surface area contributed by atoms with Gasteiger partial charge in [0.2, 0.25) is 0 Å². The molecule has 0 fully saturated rings. The average Bonchev–Trinajstić information content (AvgIpc) is 2.66. The van der Waals surface area contributed by atoms with Crippen LogP contribution in [0.3, 0.4) is 0 Å². The summed E-state index contributed by atoms with van der Waals surface area (Å²) >= 11 is 0. The summed E-state index contributed by atoms with van der Waals surface area (Å²) in [5.74, 6) is -0.843. The van der Waals surface area contributed by atoms with Crippen LogP contribution in [-0.4, -0.2) is 25.2 Å². The van der Waals surface area contributed by atoms with E-state index in [2.05, 4.69) is 13.8 Å². The number of carbonyl (C=O) groups excluding carboxylic acids is 2. The monoisotopic (exact) mass is 396 g/mol. The Hall–Kier alpha value is -1.32. The van der Waals surface area contributed by atoms with E-state index in [9.17, 15) is 9.59 Å². The topological polar surface area (TPSA) is 52.6 Å². The molecule has 0 unspecified atom stereocenters. The van der Waals surface area contributed by atoms with E-state index in [4.69, 9.17) is 9.47 Å². The molecule has 28 heavy (non-hydrogen) atoms. The van der Waals surface area contributed by atoms with Crippen molar-refractivity contribution in [3.63, 3.8) is 0 Å². The van der Waals surface area contributed by atoms with Gasteiger partial charge in [-0.05, 0) is 25.7 Å². The van der Waals surface area contributed by atoms with Gasteiger partial charge in [0.25, 0.3) is 0 Å².